The molecule has 1 aliphatic carbocycles. The SMILES string of the molecule is C#CCn1c(=NC(=O)C2CCC2)sc2cc3c(cc21)OCO3. The molecule has 5 nitrogen and oxygen atoms in total. The van der Waals surface area contributed by atoms with Gasteiger partial charge in [0.25, 0.3) is 5.91 Å². The number of aromatic nitrogens is 1. The van der Waals surface area contributed by atoms with Crippen LogP contribution in [0.25, 0.3) is 10.2 Å². The molecule has 0 atom stereocenters. The maximum absolute atomic E-state index is 12.2. The third-order valence-electron chi connectivity index (χ3n) is 4.09. The Bertz CT molecular complexity index is 868. The van der Waals surface area contributed by atoms with Crippen molar-refractivity contribution in [3.63, 3.8) is 0 Å². The summed E-state index contributed by atoms with van der Waals surface area (Å²) >= 11 is 1.45. The Labute approximate surface area is 131 Å². The van der Waals surface area contributed by atoms with Crippen molar-refractivity contribution in [1.82, 2.24) is 4.57 Å². The number of terminal acetylenes is 1. The van der Waals surface area contributed by atoms with Gasteiger partial charge in [0.15, 0.2) is 16.3 Å². The molecule has 6 heteroatoms. The molecule has 1 aromatic heterocycles. The highest BCUT2D eigenvalue weighted by atomic mass is 32.1. The van der Waals surface area contributed by atoms with Crippen LogP contribution in [0.15, 0.2) is 17.1 Å². The predicted octanol–water partition coefficient (Wildman–Crippen LogP) is 2.29. The van der Waals surface area contributed by atoms with Crippen LogP contribution in [0.4, 0.5) is 0 Å². The maximum atomic E-state index is 12.2. The van der Waals surface area contributed by atoms with E-state index in [0.29, 0.717) is 17.1 Å². The number of hydrogen-bond donors (Lipinski definition) is 0. The highest BCUT2D eigenvalue weighted by molar-refractivity contribution is 7.16. The van der Waals surface area contributed by atoms with E-state index >= 15 is 0 Å². The zero-order valence-electron chi connectivity index (χ0n) is 11.9. The molecule has 0 radical (unpaired) electrons. The summed E-state index contributed by atoms with van der Waals surface area (Å²) in [4.78, 5) is 17.1. The first-order valence-electron chi connectivity index (χ1n) is 7.21. The number of carbonyl (C=O) groups excluding carboxylic acids is 1. The molecule has 0 saturated heterocycles. The third kappa shape index (κ3) is 2.09. The Morgan fingerprint density at radius 1 is 1.41 bits per heavy atom. The van der Waals surface area contributed by atoms with E-state index in [9.17, 15) is 4.79 Å². The second-order valence-corrected chi connectivity index (χ2v) is 6.44. The highest BCUT2D eigenvalue weighted by Gasteiger charge is 2.25. The summed E-state index contributed by atoms with van der Waals surface area (Å²) in [5.41, 5.74) is 0.923. The minimum absolute atomic E-state index is 0.0383. The van der Waals surface area contributed by atoms with Crippen LogP contribution in [0.5, 0.6) is 11.5 Å². The van der Waals surface area contributed by atoms with Gasteiger partial charge >= 0.3 is 0 Å². The standard InChI is InChI=1S/C16H14N2O3S/c1-2-6-18-11-7-12-13(21-9-20-12)8-14(11)22-16(18)17-15(19)10-4-3-5-10/h1,7-8,10H,3-6,9H2. The quantitative estimate of drug-likeness (QED) is 0.799. The Hall–Kier alpha value is -2.26. The minimum Gasteiger partial charge on any atom is -0.454 e. The summed E-state index contributed by atoms with van der Waals surface area (Å²) in [6.45, 7) is 0.607. The van der Waals surface area contributed by atoms with Gasteiger partial charge in [-0.25, -0.2) is 0 Å². The molecular formula is C16H14N2O3S. The van der Waals surface area contributed by atoms with Crippen molar-refractivity contribution in [2.24, 2.45) is 10.9 Å². The number of amides is 1. The van der Waals surface area contributed by atoms with Gasteiger partial charge in [0, 0.05) is 18.1 Å². The lowest BCUT2D eigenvalue weighted by molar-refractivity contribution is -0.124. The van der Waals surface area contributed by atoms with Crippen LogP contribution in [0.2, 0.25) is 0 Å². The molecule has 1 saturated carbocycles. The van der Waals surface area contributed by atoms with Crippen LogP contribution in [-0.4, -0.2) is 17.3 Å². The van der Waals surface area contributed by atoms with Crippen LogP contribution in [-0.2, 0) is 11.3 Å². The van der Waals surface area contributed by atoms with Crippen LogP contribution in [0.1, 0.15) is 19.3 Å². The van der Waals surface area contributed by atoms with Crippen molar-refractivity contribution < 1.29 is 14.3 Å². The van der Waals surface area contributed by atoms with Gasteiger partial charge in [0.05, 0.1) is 16.8 Å². The molecule has 1 fully saturated rings. The lowest BCUT2D eigenvalue weighted by Gasteiger charge is -2.20. The fourth-order valence-electron chi connectivity index (χ4n) is 2.63. The van der Waals surface area contributed by atoms with Crippen molar-refractivity contribution >= 4 is 27.5 Å². The molecule has 112 valence electrons. The summed E-state index contributed by atoms with van der Waals surface area (Å²) in [6, 6.07) is 3.82. The van der Waals surface area contributed by atoms with Crippen LogP contribution in [0.3, 0.4) is 0 Å². The average molecular weight is 314 g/mol. The molecule has 1 amide bonds. The molecule has 0 unspecified atom stereocenters. The highest BCUT2D eigenvalue weighted by Crippen LogP contribution is 2.37. The first kappa shape index (κ1) is 13.4. The molecule has 22 heavy (non-hydrogen) atoms. The molecule has 2 aliphatic rings. The summed E-state index contributed by atoms with van der Waals surface area (Å²) < 4.78 is 13.7. The molecule has 1 aromatic carbocycles. The number of carbonyl (C=O) groups is 1. The van der Waals surface area contributed by atoms with Gasteiger partial charge in [-0.15, -0.1) is 6.42 Å². The average Bonchev–Trinajstić information content (AvgIpc) is 3.00. The molecule has 0 spiro atoms. The largest absolute Gasteiger partial charge is 0.454 e. The molecule has 2 heterocycles. The second kappa shape index (κ2) is 5.18. The van der Waals surface area contributed by atoms with Crippen LogP contribution < -0.4 is 14.3 Å². The number of benzene rings is 1. The number of rotatable bonds is 2. The number of ether oxygens (including phenoxy) is 2. The lowest BCUT2D eigenvalue weighted by Crippen LogP contribution is -2.24. The van der Waals surface area contributed by atoms with Crippen molar-refractivity contribution in [3.05, 3.63) is 16.9 Å². The summed E-state index contributed by atoms with van der Waals surface area (Å²) in [7, 11) is 0. The van der Waals surface area contributed by atoms with E-state index in [0.717, 1.165) is 35.2 Å². The smallest absolute Gasteiger partial charge is 0.251 e. The van der Waals surface area contributed by atoms with Crippen LogP contribution in [0, 0.1) is 18.3 Å². The zero-order chi connectivity index (χ0) is 15.1. The fourth-order valence-corrected chi connectivity index (χ4v) is 3.67. The van der Waals surface area contributed by atoms with E-state index in [1.807, 2.05) is 16.7 Å². The van der Waals surface area contributed by atoms with Gasteiger partial charge in [0.1, 0.15) is 0 Å². The summed E-state index contributed by atoms with van der Waals surface area (Å²) in [5, 5.41) is 0. The maximum Gasteiger partial charge on any atom is 0.251 e. The van der Waals surface area contributed by atoms with Crippen molar-refractivity contribution in [2.75, 3.05) is 6.79 Å². The normalized spacial score (nSPS) is 17.5. The Balaban J connectivity index is 1.87. The third-order valence-corrected chi connectivity index (χ3v) is 5.13. The summed E-state index contributed by atoms with van der Waals surface area (Å²) in [6.07, 6.45) is 8.47. The fraction of sp³-hybridized carbons (Fsp3) is 0.375. The Kier molecular flexibility index (Phi) is 3.16. The predicted molar refractivity (Wildman–Crippen MR) is 82.7 cm³/mol. The van der Waals surface area contributed by atoms with Crippen molar-refractivity contribution in [3.8, 4) is 23.8 Å². The van der Waals surface area contributed by atoms with Gasteiger partial charge in [0.2, 0.25) is 6.79 Å². The van der Waals surface area contributed by atoms with Crippen molar-refractivity contribution in [1.29, 1.82) is 0 Å². The molecule has 1 aliphatic heterocycles. The van der Waals surface area contributed by atoms with E-state index < -0.39 is 0 Å². The minimum atomic E-state index is -0.0383. The van der Waals surface area contributed by atoms with Crippen molar-refractivity contribution in [2.45, 2.75) is 25.8 Å². The number of fused-ring (bicyclic) bond motifs is 2. The van der Waals surface area contributed by atoms with Gasteiger partial charge in [-0.1, -0.05) is 23.7 Å². The van der Waals surface area contributed by atoms with E-state index in [2.05, 4.69) is 10.9 Å². The Morgan fingerprint density at radius 2 is 2.18 bits per heavy atom. The van der Waals surface area contributed by atoms with Gasteiger partial charge < -0.3 is 14.0 Å². The molecule has 0 N–H and O–H groups in total. The topological polar surface area (TPSA) is 52.8 Å². The number of hydrogen-bond acceptors (Lipinski definition) is 4. The molecular weight excluding hydrogens is 300 g/mol. The Morgan fingerprint density at radius 3 is 2.86 bits per heavy atom. The molecule has 2 aromatic rings. The second-order valence-electron chi connectivity index (χ2n) is 5.43. The monoisotopic (exact) mass is 314 g/mol. The first-order chi connectivity index (χ1) is 10.8. The molecule has 4 rings (SSSR count). The van der Waals surface area contributed by atoms with Gasteiger partial charge in [-0.05, 0) is 12.8 Å². The summed E-state index contributed by atoms with van der Waals surface area (Å²) in [5.74, 6) is 4.10. The van der Waals surface area contributed by atoms with E-state index in [-0.39, 0.29) is 18.6 Å². The molecule has 0 bridgehead atoms. The van der Waals surface area contributed by atoms with E-state index in [1.165, 1.54) is 11.3 Å². The van der Waals surface area contributed by atoms with Gasteiger partial charge in [-0.3, -0.25) is 4.79 Å². The van der Waals surface area contributed by atoms with Crippen LogP contribution >= 0.6 is 11.3 Å². The number of nitrogens with zero attached hydrogens (tertiary/aromatic N) is 2. The van der Waals surface area contributed by atoms with E-state index in [1.54, 1.807) is 0 Å². The van der Waals surface area contributed by atoms with Gasteiger partial charge in [-0.2, -0.15) is 4.99 Å². The number of thiazole rings is 1. The first-order valence-corrected chi connectivity index (χ1v) is 8.03. The lowest BCUT2D eigenvalue weighted by atomic mass is 9.85. The zero-order valence-corrected chi connectivity index (χ0v) is 12.7. The van der Waals surface area contributed by atoms with E-state index in [4.69, 9.17) is 15.9 Å².